The van der Waals surface area contributed by atoms with Crippen molar-refractivity contribution in [1.29, 1.82) is 0 Å². The molecule has 0 aliphatic carbocycles. The lowest BCUT2D eigenvalue weighted by atomic mass is 10.1. The second-order valence-electron chi connectivity index (χ2n) is 6.64. The predicted molar refractivity (Wildman–Crippen MR) is 99.7 cm³/mol. The van der Waals surface area contributed by atoms with Crippen molar-refractivity contribution in [3.8, 4) is 17.1 Å². The van der Waals surface area contributed by atoms with Gasteiger partial charge in [-0.2, -0.15) is 27.1 Å². The van der Waals surface area contributed by atoms with Gasteiger partial charge in [0.05, 0.1) is 29.5 Å². The minimum absolute atomic E-state index is 0.00348. The summed E-state index contributed by atoms with van der Waals surface area (Å²) >= 11 is 5.94. The Hall–Kier alpha value is -3.16. The molecule has 0 fully saturated rings. The fourth-order valence-electron chi connectivity index (χ4n) is 2.99. The van der Waals surface area contributed by atoms with E-state index in [9.17, 15) is 35.5 Å². The highest BCUT2D eigenvalue weighted by Gasteiger charge is 2.62. The minimum Gasteiger partial charge on any atom is -0.465 e. The van der Waals surface area contributed by atoms with Crippen molar-refractivity contribution >= 4 is 17.6 Å². The lowest BCUT2D eigenvalue weighted by molar-refractivity contribution is -0.291. The summed E-state index contributed by atoms with van der Waals surface area (Å²) in [4.78, 5) is 11.8. The molecule has 1 atom stereocenters. The van der Waals surface area contributed by atoms with Crippen molar-refractivity contribution in [2.24, 2.45) is 7.05 Å². The highest BCUT2D eigenvalue weighted by atomic mass is 35.5. The van der Waals surface area contributed by atoms with Crippen LogP contribution in [0.2, 0.25) is 5.02 Å². The Morgan fingerprint density at radius 1 is 1.24 bits per heavy atom. The van der Waals surface area contributed by atoms with Crippen LogP contribution in [0.4, 0.5) is 30.7 Å². The van der Waals surface area contributed by atoms with Gasteiger partial charge in [0.25, 0.3) is 0 Å². The molecule has 1 aromatic carbocycles. The van der Waals surface area contributed by atoms with Crippen molar-refractivity contribution in [1.82, 2.24) is 24.8 Å². The van der Waals surface area contributed by atoms with Crippen LogP contribution in [0.3, 0.4) is 0 Å². The van der Waals surface area contributed by atoms with E-state index in [1.54, 1.807) is 0 Å². The van der Waals surface area contributed by atoms with Gasteiger partial charge in [0.1, 0.15) is 18.1 Å². The molecule has 0 amide bonds. The third-order valence-electron chi connectivity index (χ3n) is 4.53. The average molecular weight is 500 g/mol. The van der Waals surface area contributed by atoms with E-state index < -0.39 is 48.0 Å². The van der Waals surface area contributed by atoms with Crippen molar-refractivity contribution in [2.75, 3.05) is 13.8 Å². The second-order valence-corrected chi connectivity index (χ2v) is 7.05. The zero-order chi connectivity index (χ0) is 24.7. The molecule has 7 nitrogen and oxygen atoms in total. The largest absolute Gasteiger partial charge is 0.465 e. The monoisotopic (exact) mass is 499 g/mol. The third-order valence-corrected chi connectivity index (χ3v) is 4.86. The van der Waals surface area contributed by atoms with Crippen LogP contribution >= 0.6 is 11.6 Å². The normalized spacial score (nSPS) is 13.3. The highest BCUT2D eigenvalue weighted by Crippen LogP contribution is 2.47. The molecule has 0 radical (unpaired) electrons. The number of nitrogens with zero attached hydrogens (tertiary/aromatic N) is 5. The molecule has 178 valence electrons. The number of carbonyl (C=O) groups is 1. The van der Waals surface area contributed by atoms with Gasteiger partial charge in [-0.05, 0) is 12.1 Å². The molecule has 0 spiro atoms. The summed E-state index contributed by atoms with van der Waals surface area (Å²) in [6, 6.07) is 4.02. The van der Waals surface area contributed by atoms with Gasteiger partial charge in [0, 0.05) is 12.6 Å². The van der Waals surface area contributed by atoms with Gasteiger partial charge in [-0.1, -0.05) is 22.9 Å². The van der Waals surface area contributed by atoms with Crippen molar-refractivity contribution in [3.05, 3.63) is 46.2 Å². The number of ether oxygens (including phenoxy) is 1. The number of rotatable bonds is 6. The van der Waals surface area contributed by atoms with Crippen LogP contribution < -0.4 is 0 Å². The van der Waals surface area contributed by atoms with Crippen LogP contribution in [0.25, 0.3) is 17.1 Å². The number of benzene rings is 1. The van der Waals surface area contributed by atoms with Gasteiger partial charge in [0.15, 0.2) is 12.0 Å². The number of alkyl halides is 7. The molecule has 15 heteroatoms. The summed E-state index contributed by atoms with van der Waals surface area (Å²) in [7, 11) is 2.08. The summed E-state index contributed by atoms with van der Waals surface area (Å²) in [5.74, 6) is -7.03. The summed E-state index contributed by atoms with van der Waals surface area (Å²) in [6.45, 7) is -1.89. The molecule has 3 rings (SSSR count). The van der Waals surface area contributed by atoms with Crippen LogP contribution in [-0.4, -0.2) is 50.7 Å². The maximum atomic E-state index is 14.3. The molecule has 0 aliphatic heterocycles. The Morgan fingerprint density at radius 3 is 2.48 bits per heavy atom. The number of halogens is 8. The molecule has 0 saturated carbocycles. The zero-order valence-corrected chi connectivity index (χ0v) is 17.4. The fourth-order valence-corrected chi connectivity index (χ4v) is 3.18. The van der Waals surface area contributed by atoms with Gasteiger partial charge in [0.2, 0.25) is 0 Å². The maximum absolute atomic E-state index is 14.3. The number of hydrogen-bond donors (Lipinski definition) is 0. The molecule has 0 saturated heterocycles. The Labute approximate surface area is 185 Å². The SMILES string of the molecule is COC(=O)c1cc(-c2cn(-c3c(C(F)CF)c(C(F)(F)C(F)(F)F)nn3C)nn2)ccc1Cl. The molecular formula is C18H13ClF7N5O2. The van der Waals surface area contributed by atoms with E-state index in [1.807, 2.05) is 0 Å². The van der Waals surface area contributed by atoms with Crippen LogP contribution in [0.15, 0.2) is 24.4 Å². The first-order valence-corrected chi connectivity index (χ1v) is 9.24. The molecule has 0 N–H and O–H groups in total. The van der Waals surface area contributed by atoms with Crippen molar-refractivity contribution in [3.63, 3.8) is 0 Å². The molecule has 1 unspecified atom stereocenters. The number of aromatic nitrogens is 5. The molecule has 3 aromatic rings. The summed E-state index contributed by atoms with van der Waals surface area (Å²) in [5.41, 5.74) is -3.12. The van der Waals surface area contributed by atoms with E-state index in [0.717, 1.165) is 20.4 Å². The summed E-state index contributed by atoms with van der Waals surface area (Å²) in [6.07, 6.45) is -7.92. The fraction of sp³-hybridized carbons (Fsp3) is 0.333. The number of esters is 1. The van der Waals surface area contributed by atoms with Crippen molar-refractivity contribution in [2.45, 2.75) is 18.3 Å². The topological polar surface area (TPSA) is 74.8 Å². The first kappa shape index (κ1) is 24.5. The minimum atomic E-state index is -6.11. The van der Waals surface area contributed by atoms with Gasteiger partial charge in [-0.15, -0.1) is 5.10 Å². The number of methoxy groups -OCH3 is 1. The van der Waals surface area contributed by atoms with E-state index >= 15 is 0 Å². The first-order chi connectivity index (χ1) is 15.3. The molecule has 33 heavy (non-hydrogen) atoms. The molecule has 0 aliphatic rings. The van der Waals surface area contributed by atoms with Crippen LogP contribution in [0.1, 0.15) is 27.8 Å². The average Bonchev–Trinajstić information content (AvgIpc) is 3.36. The van der Waals surface area contributed by atoms with Gasteiger partial charge >= 0.3 is 18.1 Å². The highest BCUT2D eigenvalue weighted by molar-refractivity contribution is 6.33. The van der Waals surface area contributed by atoms with Gasteiger partial charge < -0.3 is 4.74 Å². The van der Waals surface area contributed by atoms with Crippen molar-refractivity contribution < 1.29 is 40.3 Å². The number of carbonyl (C=O) groups excluding carboxylic acids is 1. The van der Waals surface area contributed by atoms with E-state index in [0.29, 0.717) is 9.36 Å². The summed E-state index contributed by atoms with van der Waals surface area (Å²) < 4.78 is 99.8. The van der Waals surface area contributed by atoms with E-state index in [1.165, 1.54) is 18.2 Å². The molecular weight excluding hydrogens is 487 g/mol. The lowest BCUT2D eigenvalue weighted by Gasteiger charge is -2.19. The first-order valence-electron chi connectivity index (χ1n) is 8.86. The number of aryl methyl sites for hydroxylation is 1. The predicted octanol–water partition coefficient (Wildman–Crippen LogP) is 4.74. The van der Waals surface area contributed by atoms with Gasteiger partial charge in [-0.3, -0.25) is 4.68 Å². The molecule has 2 heterocycles. The second kappa shape index (κ2) is 8.65. The Balaban J connectivity index is 2.16. The quantitative estimate of drug-likeness (QED) is 0.362. The lowest BCUT2D eigenvalue weighted by Crippen LogP contribution is -2.35. The Kier molecular flexibility index (Phi) is 6.42. The molecule has 2 aromatic heterocycles. The standard InChI is InChI=1S/C18H13ClF7N5O2/c1-30-15(13(11(21)6-20)14(28-30)17(22,23)18(24,25)26)31-7-12(27-29-31)8-3-4-10(19)9(5-8)16(32)33-2/h3-5,7,11H,6H2,1-2H3. The van der Waals surface area contributed by atoms with E-state index in [-0.39, 0.29) is 21.8 Å². The van der Waals surface area contributed by atoms with E-state index in [2.05, 4.69) is 20.1 Å². The summed E-state index contributed by atoms with van der Waals surface area (Å²) in [5, 5.41) is 10.5. The van der Waals surface area contributed by atoms with Crippen LogP contribution in [0, 0.1) is 0 Å². The Morgan fingerprint density at radius 2 is 1.91 bits per heavy atom. The third kappa shape index (κ3) is 4.26. The van der Waals surface area contributed by atoms with Gasteiger partial charge in [-0.25, -0.2) is 18.3 Å². The van der Waals surface area contributed by atoms with Crippen LogP contribution in [0.5, 0.6) is 0 Å². The van der Waals surface area contributed by atoms with E-state index in [4.69, 9.17) is 11.6 Å². The maximum Gasteiger partial charge on any atom is 0.459 e. The molecule has 0 bridgehead atoms. The number of hydrogen-bond acceptors (Lipinski definition) is 5. The smallest absolute Gasteiger partial charge is 0.459 e. The van der Waals surface area contributed by atoms with Crippen LogP contribution in [-0.2, 0) is 17.7 Å². The Bertz CT molecular complexity index is 1190. The zero-order valence-electron chi connectivity index (χ0n) is 16.7.